The van der Waals surface area contributed by atoms with Crippen molar-refractivity contribution in [1.29, 1.82) is 0 Å². The SMILES string of the molecule is Cc1cc(C(F)(F)F)ccc1C1(O)CCN(C)C(C)C1. The second kappa shape index (κ2) is 5.04. The Balaban J connectivity index is 2.34. The summed E-state index contributed by atoms with van der Waals surface area (Å²) in [4.78, 5) is 2.15. The van der Waals surface area contributed by atoms with Gasteiger partial charge in [-0.05, 0) is 57.0 Å². The Morgan fingerprint density at radius 2 is 2.00 bits per heavy atom. The Bertz CT molecular complexity index is 500. The van der Waals surface area contributed by atoms with Crippen LogP contribution in [0.1, 0.15) is 36.5 Å². The zero-order chi connectivity index (χ0) is 15.1. The first-order valence-electron chi connectivity index (χ1n) is 6.74. The molecular formula is C15H20F3NO. The Morgan fingerprint density at radius 1 is 1.35 bits per heavy atom. The minimum atomic E-state index is -4.34. The minimum absolute atomic E-state index is 0.204. The Kier molecular flexibility index (Phi) is 3.86. The quantitative estimate of drug-likeness (QED) is 0.856. The monoisotopic (exact) mass is 287 g/mol. The summed E-state index contributed by atoms with van der Waals surface area (Å²) in [6, 6.07) is 3.81. The summed E-state index contributed by atoms with van der Waals surface area (Å²) < 4.78 is 38.0. The molecule has 2 rings (SSSR count). The number of piperidine rings is 1. The summed E-state index contributed by atoms with van der Waals surface area (Å²) in [7, 11) is 1.99. The maximum atomic E-state index is 12.7. The lowest BCUT2D eigenvalue weighted by Crippen LogP contribution is -2.46. The van der Waals surface area contributed by atoms with Gasteiger partial charge in [-0.25, -0.2) is 0 Å². The van der Waals surface area contributed by atoms with E-state index in [0.717, 1.165) is 18.7 Å². The molecule has 0 aliphatic carbocycles. The van der Waals surface area contributed by atoms with Crippen LogP contribution in [0.25, 0.3) is 0 Å². The summed E-state index contributed by atoms with van der Waals surface area (Å²) >= 11 is 0. The van der Waals surface area contributed by atoms with Crippen LogP contribution < -0.4 is 0 Å². The molecule has 1 aromatic carbocycles. The van der Waals surface area contributed by atoms with Gasteiger partial charge in [0.2, 0.25) is 0 Å². The van der Waals surface area contributed by atoms with Gasteiger partial charge in [0.15, 0.2) is 0 Å². The molecule has 20 heavy (non-hydrogen) atoms. The van der Waals surface area contributed by atoms with Gasteiger partial charge >= 0.3 is 6.18 Å². The zero-order valence-corrected chi connectivity index (χ0v) is 12.0. The molecule has 1 aromatic rings. The van der Waals surface area contributed by atoms with Crippen molar-refractivity contribution < 1.29 is 18.3 Å². The van der Waals surface area contributed by atoms with Crippen molar-refractivity contribution in [2.75, 3.05) is 13.6 Å². The van der Waals surface area contributed by atoms with E-state index in [1.54, 1.807) is 6.92 Å². The standard InChI is InChI=1S/C15H20F3NO/c1-10-8-12(15(16,17)18)4-5-13(10)14(20)6-7-19(3)11(2)9-14/h4-5,8,11,20H,6-7,9H2,1-3H3. The van der Waals surface area contributed by atoms with Gasteiger partial charge in [0, 0.05) is 12.6 Å². The summed E-state index contributed by atoms with van der Waals surface area (Å²) in [5, 5.41) is 10.8. The predicted molar refractivity (Wildman–Crippen MR) is 71.4 cm³/mol. The van der Waals surface area contributed by atoms with E-state index >= 15 is 0 Å². The number of rotatable bonds is 1. The highest BCUT2D eigenvalue weighted by Crippen LogP contribution is 2.39. The molecule has 1 fully saturated rings. The van der Waals surface area contributed by atoms with Crippen LogP contribution >= 0.6 is 0 Å². The molecule has 2 atom stereocenters. The Morgan fingerprint density at radius 3 is 2.50 bits per heavy atom. The summed E-state index contributed by atoms with van der Waals surface area (Å²) in [6.07, 6.45) is -3.26. The molecule has 2 unspecified atom stereocenters. The Hall–Kier alpha value is -1.07. The van der Waals surface area contributed by atoms with Crippen molar-refractivity contribution in [1.82, 2.24) is 4.90 Å². The molecule has 0 saturated carbocycles. The number of aryl methyl sites for hydroxylation is 1. The highest BCUT2D eigenvalue weighted by atomic mass is 19.4. The average molecular weight is 287 g/mol. The molecule has 1 heterocycles. The van der Waals surface area contributed by atoms with Gasteiger partial charge in [0.25, 0.3) is 0 Å². The molecule has 0 bridgehead atoms. The van der Waals surface area contributed by atoms with Crippen molar-refractivity contribution in [3.63, 3.8) is 0 Å². The average Bonchev–Trinajstić information content (AvgIpc) is 2.33. The lowest BCUT2D eigenvalue weighted by atomic mass is 9.79. The molecular weight excluding hydrogens is 267 g/mol. The third-order valence-corrected chi connectivity index (χ3v) is 4.32. The third kappa shape index (κ3) is 2.83. The number of nitrogens with zero attached hydrogens (tertiary/aromatic N) is 1. The van der Waals surface area contributed by atoms with E-state index in [9.17, 15) is 18.3 Å². The van der Waals surface area contributed by atoms with Crippen molar-refractivity contribution in [2.45, 2.75) is 44.5 Å². The number of benzene rings is 1. The van der Waals surface area contributed by atoms with Gasteiger partial charge in [-0.1, -0.05) is 6.07 Å². The van der Waals surface area contributed by atoms with Crippen LogP contribution in [0.3, 0.4) is 0 Å². The molecule has 2 nitrogen and oxygen atoms in total. The van der Waals surface area contributed by atoms with Gasteiger partial charge in [-0.15, -0.1) is 0 Å². The minimum Gasteiger partial charge on any atom is -0.385 e. The fourth-order valence-electron chi connectivity index (χ4n) is 2.94. The number of halogens is 3. The molecule has 0 aromatic heterocycles. The van der Waals surface area contributed by atoms with Crippen molar-refractivity contribution in [2.24, 2.45) is 0 Å². The van der Waals surface area contributed by atoms with Crippen LogP contribution in [0.2, 0.25) is 0 Å². The molecule has 1 aliphatic rings. The fraction of sp³-hybridized carbons (Fsp3) is 0.600. The molecule has 5 heteroatoms. The van der Waals surface area contributed by atoms with Crippen molar-refractivity contribution in [3.8, 4) is 0 Å². The maximum absolute atomic E-state index is 12.7. The molecule has 1 N–H and O–H groups in total. The topological polar surface area (TPSA) is 23.5 Å². The van der Waals surface area contributed by atoms with E-state index in [1.165, 1.54) is 6.07 Å². The predicted octanol–water partition coefficient (Wildman–Crippen LogP) is 3.32. The number of hydrogen-bond donors (Lipinski definition) is 1. The normalized spacial score (nSPS) is 28.6. The van der Waals surface area contributed by atoms with Gasteiger partial charge in [-0.3, -0.25) is 0 Å². The first kappa shape index (κ1) is 15.3. The molecule has 0 radical (unpaired) electrons. The van der Waals surface area contributed by atoms with E-state index in [4.69, 9.17) is 0 Å². The van der Waals surface area contributed by atoms with E-state index in [0.29, 0.717) is 24.0 Å². The second-order valence-corrected chi connectivity index (χ2v) is 5.84. The van der Waals surface area contributed by atoms with Crippen LogP contribution in [0.15, 0.2) is 18.2 Å². The number of hydrogen-bond acceptors (Lipinski definition) is 2. The second-order valence-electron chi connectivity index (χ2n) is 5.84. The van der Waals surface area contributed by atoms with Crippen molar-refractivity contribution >= 4 is 0 Å². The summed E-state index contributed by atoms with van der Waals surface area (Å²) in [5.41, 5.74) is -0.576. The highest BCUT2D eigenvalue weighted by Gasteiger charge is 2.38. The number of aliphatic hydroxyl groups is 1. The lowest BCUT2D eigenvalue weighted by molar-refractivity contribution is -0.137. The zero-order valence-electron chi connectivity index (χ0n) is 12.0. The summed E-state index contributed by atoms with van der Waals surface area (Å²) in [6.45, 7) is 4.38. The molecule has 0 spiro atoms. The smallest absolute Gasteiger partial charge is 0.385 e. The van der Waals surface area contributed by atoms with E-state index < -0.39 is 17.3 Å². The van der Waals surface area contributed by atoms with Gasteiger partial charge in [0.05, 0.1) is 11.2 Å². The van der Waals surface area contributed by atoms with Crippen molar-refractivity contribution in [3.05, 3.63) is 34.9 Å². The van der Waals surface area contributed by atoms with Gasteiger partial charge in [0.1, 0.15) is 0 Å². The van der Waals surface area contributed by atoms with E-state index in [2.05, 4.69) is 4.90 Å². The molecule has 0 amide bonds. The first-order valence-corrected chi connectivity index (χ1v) is 6.74. The van der Waals surface area contributed by atoms with Crippen LogP contribution in [-0.2, 0) is 11.8 Å². The molecule has 1 aliphatic heterocycles. The highest BCUT2D eigenvalue weighted by molar-refractivity contribution is 5.37. The van der Waals surface area contributed by atoms with Gasteiger partial charge in [-0.2, -0.15) is 13.2 Å². The van der Waals surface area contributed by atoms with Gasteiger partial charge < -0.3 is 10.0 Å². The van der Waals surface area contributed by atoms with E-state index in [1.807, 2.05) is 14.0 Å². The lowest BCUT2D eigenvalue weighted by Gasteiger charge is -2.42. The summed E-state index contributed by atoms with van der Waals surface area (Å²) in [5.74, 6) is 0. The third-order valence-electron chi connectivity index (χ3n) is 4.32. The molecule has 1 saturated heterocycles. The number of likely N-dealkylation sites (tertiary alicyclic amines) is 1. The largest absolute Gasteiger partial charge is 0.416 e. The first-order chi connectivity index (χ1) is 9.13. The van der Waals surface area contributed by atoms with Crippen LogP contribution in [0, 0.1) is 6.92 Å². The maximum Gasteiger partial charge on any atom is 0.416 e. The fourth-order valence-corrected chi connectivity index (χ4v) is 2.94. The van der Waals surface area contributed by atoms with Crippen LogP contribution in [-0.4, -0.2) is 29.6 Å². The van der Waals surface area contributed by atoms with Crippen LogP contribution in [0.5, 0.6) is 0 Å². The van der Waals surface area contributed by atoms with E-state index in [-0.39, 0.29) is 6.04 Å². The van der Waals surface area contributed by atoms with Crippen LogP contribution in [0.4, 0.5) is 13.2 Å². The number of alkyl halides is 3. The molecule has 112 valence electrons. The Labute approximate surface area is 117 Å².